The van der Waals surface area contributed by atoms with E-state index in [1.807, 2.05) is 25.2 Å². The quantitative estimate of drug-likeness (QED) is 0.737. The number of nitrogens with one attached hydrogen (secondary N) is 1. The van der Waals surface area contributed by atoms with Crippen LogP contribution in [0.1, 0.15) is 0 Å². The van der Waals surface area contributed by atoms with Crippen molar-refractivity contribution in [2.24, 2.45) is 0 Å². The number of hydrogen-bond donors (Lipinski definition) is 1. The molecule has 5 heteroatoms. The van der Waals surface area contributed by atoms with E-state index in [1.54, 1.807) is 6.20 Å². The summed E-state index contributed by atoms with van der Waals surface area (Å²) in [5, 5.41) is 3.32. The van der Waals surface area contributed by atoms with Crippen molar-refractivity contribution in [1.82, 2.24) is 15.3 Å². The van der Waals surface area contributed by atoms with E-state index in [1.165, 1.54) is 0 Å². The molecule has 5 nitrogen and oxygen atoms in total. The number of anilines is 2. The van der Waals surface area contributed by atoms with Gasteiger partial charge in [-0.25, -0.2) is 4.98 Å². The average molecular weight is 207 g/mol. The van der Waals surface area contributed by atoms with Crippen molar-refractivity contribution in [2.75, 3.05) is 50.1 Å². The van der Waals surface area contributed by atoms with Gasteiger partial charge in [-0.3, -0.25) is 4.98 Å². The molecule has 0 aromatic carbocycles. The molecule has 2 heterocycles. The zero-order valence-corrected chi connectivity index (χ0v) is 9.27. The molecule has 15 heavy (non-hydrogen) atoms. The lowest BCUT2D eigenvalue weighted by atomic mass is 10.3. The van der Waals surface area contributed by atoms with Crippen LogP contribution < -0.4 is 15.1 Å². The molecule has 1 aliphatic rings. The molecule has 1 fully saturated rings. The van der Waals surface area contributed by atoms with Gasteiger partial charge in [0.1, 0.15) is 11.6 Å². The second-order valence-electron chi connectivity index (χ2n) is 3.87. The van der Waals surface area contributed by atoms with E-state index in [-0.39, 0.29) is 0 Å². The molecule has 0 saturated carbocycles. The molecule has 0 bridgehead atoms. The van der Waals surface area contributed by atoms with Crippen LogP contribution >= 0.6 is 0 Å². The Kier molecular flexibility index (Phi) is 3.01. The predicted octanol–water partition coefficient (Wildman–Crippen LogP) is -0.0478. The second-order valence-corrected chi connectivity index (χ2v) is 3.87. The highest BCUT2D eigenvalue weighted by Gasteiger charge is 2.12. The van der Waals surface area contributed by atoms with Gasteiger partial charge >= 0.3 is 0 Å². The standard InChI is InChI=1S/C10H17N5/c1-14(2)9-7-12-8-10(13-9)15-5-3-11-4-6-15/h7-8,11H,3-6H2,1-2H3. The van der Waals surface area contributed by atoms with Crippen LogP contribution in [0.25, 0.3) is 0 Å². The first-order valence-corrected chi connectivity index (χ1v) is 5.22. The first-order chi connectivity index (χ1) is 7.27. The van der Waals surface area contributed by atoms with Crippen LogP contribution in [-0.2, 0) is 0 Å². The molecule has 0 amide bonds. The summed E-state index contributed by atoms with van der Waals surface area (Å²) >= 11 is 0. The highest BCUT2D eigenvalue weighted by molar-refractivity contribution is 5.44. The topological polar surface area (TPSA) is 44.3 Å². The van der Waals surface area contributed by atoms with Crippen LogP contribution in [0, 0.1) is 0 Å². The lowest BCUT2D eigenvalue weighted by Gasteiger charge is -2.28. The minimum atomic E-state index is 0.908. The Hall–Kier alpha value is -1.36. The summed E-state index contributed by atoms with van der Waals surface area (Å²) in [5.41, 5.74) is 0. The van der Waals surface area contributed by atoms with E-state index in [0.717, 1.165) is 37.8 Å². The third-order valence-corrected chi connectivity index (χ3v) is 2.51. The van der Waals surface area contributed by atoms with Gasteiger partial charge in [-0.05, 0) is 0 Å². The second kappa shape index (κ2) is 4.44. The maximum Gasteiger partial charge on any atom is 0.149 e. The lowest BCUT2D eigenvalue weighted by Crippen LogP contribution is -2.44. The van der Waals surface area contributed by atoms with Gasteiger partial charge < -0.3 is 15.1 Å². The van der Waals surface area contributed by atoms with Gasteiger partial charge in [0.05, 0.1) is 12.4 Å². The summed E-state index contributed by atoms with van der Waals surface area (Å²) in [6.07, 6.45) is 3.62. The van der Waals surface area contributed by atoms with Crippen LogP contribution in [0.15, 0.2) is 12.4 Å². The van der Waals surface area contributed by atoms with Gasteiger partial charge in [0.25, 0.3) is 0 Å². The fraction of sp³-hybridized carbons (Fsp3) is 0.600. The van der Waals surface area contributed by atoms with Gasteiger partial charge in [0, 0.05) is 40.3 Å². The van der Waals surface area contributed by atoms with Crippen molar-refractivity contribution < 1.29 is 0 Å². The van der Waals surface area contributed by atoms with Gasteiger partial charge in [-0.15, -0.1) is 0 Å². The largest absolute Gasteiger partial charge is 0.361 e. The van der Waals surface area contributed by atoms with Gasteiger partial charge in [-0.2, -0.15) is 0 Å². The third kappa shape index (κ3) is 2.36. The molecule has 0 unspecified atom stereocenters. The zero-order valence-electron chi connectivity index (χ0n) is 9.27. The lowest BCUT2D eigenvalue weighted by molar-refractivity contribution is 0.584. The molecule has 0 aliphatic carbocycles. The molecule has 1 aliphatic heterocycles. The molecular formula is C10H17N5. The molecule has 0 radical (unpaired) electrons. The summed E-state index contributed by atoms with van der Waals surface area (Å²) in [6, 6.07) is 0. The fourth-order valence-corrected chi connectivity index (χ4v) is 1.61. The predicted molar refractivity (Wildman–Crippen MR) is 61.4 cm³/mol. The Morgan fingerprint density at radius 2 is 2.00 bits per heavy atom. The highest BCUT2D eigenvalue weighted by Crippen LogP contribution is 2.14. The highest BCUT2D eigenvalue weighted by atomic mass is 15.3. The summed E-state index contributed by atoms with van der Waals surface area (Å²) in [5.74, 6) is 1.88. The summed E-state index contributed by atoms with van der Waals surface area (Å²) in [7, 11) is 3.96. The molecule has 1 aromatic rings. The smallest absolute Gasteiger partial charge is 0.149 e. The Balaban J connectivity index is 2.16. The van der Waals surface area contributed by atoms with Crippen LogP contribution in [0.4, 0.5) is 11.6 Å². The fourth-order valence-electron chi connectivity index (χ4n) is 1.61. The number of piperazine rings is 1. The van der Waals surface area contributed by atoms with Crippen molar-refractivity contribution in [3.63, 3.8) is 0 Å². The van der Waals surface area contributed by atoms with Gasteiger partial charge in [0.2, 0.25) is 0 Å². The van der Waals surface area contributed by atoms with E-state index in [2.05, 4.69) is 20.2 Å². The maximum absolute atomic E-state index is 4.56. The molecule has 1 aromatic heterocycles. The first kappa shape index (κ1) is 10.2. The van der Waals surface area contributed by atoms with Crippen LogP contribution in [0.3, 0.4) is 0 Å². The Morgan fingerprint density at radius 3 is 2.67 bits per heavy atom. The number of hydrogen-bond acceptors (Lipinski definition) is 5. The first-order valence-electron chi connectivity index (χ1n) is 5.22. The Labute approximate surface area is 90.1 Å². The summed E-state index contributed by atoms with van der Waals surface area (Å²) in [4.78, 5) is 13.0. The Bertz CT molecular complexity index is 319. The minimum absolute atomic E-state index is 0.908. The van der Waals surface area contributed by atoms with Crippen LogP contribution in [-0.4, -0.2) is 50.2 Å². The summed E-state index contributed by atoms with van der Waals surface area (Å²) in [6.45, 7) is 4.05. The van der Waals surface area contributed by atoms with E-state index >= 15 is 0 Å². The number of nitrogens with zero attached hydrogens (tertiary/aromatic N) is 4. The SMILES string of the molecule is CN(C)c1cncc(N2CCNCC2)n1. The monoisotopic (exact) mass is 207 g/mol. The van der Waals surface area contributed by atoms with Gasteiger partial charge in [0.15, 0.2) is 0 Å². The van der Waals surface area contributed by atoms with Crippen LogP contribution in [0.5, 0.6) is 0 Å². The van der Waals surface area contributed by atoms with E-state index in [4.69, 9.17) is 0 Å². The van der Waals surface area contributed by atoms with Crippen molar-refractivity contribution >= 4 is 11.6 Å². The molecule has 0 atom stereocenters. The van der Waals surface area contributed by atoms with Crippen molar-refractivity contribution in [1.29, 1.82) is 0 Å². The average Bonchev–Trinajstić information content (AvgIpc) is 2.30. The normalized spacial score (nSPS) is 16.5. The van der Waals surface area contributed by atoms with E-state index in [9.17, 15) is 0 Å². The number of rotatable bonds is 2. The van der Waals surface area contributed by atoms with Crippen molar-refractivity contribution in [3.8, 4) is 0 Å². The van der Waals surface area contributed by atoms with Crippen LogP contribution in [0.2, 0.25) is 0 Å². The van der Waals surface area contributed by atoms with Crippen molar-refractivity contribution in [3.05, 3.63) is 12.4 Å². The Morgan fingerprint density at radius 1 is 1.27 bits per heavy atom. The van der Waals surface area contributed by atoms with Crippen molar-refractivity contribution in [2.45, 2.75) is 0 Å². The number of aromatic nitrogens is 2. The molecule has 1 N–H and O–H groups in total. The van der Waals surface area contributed by atoms with E-state index < -0.39 is 0 Å². The third-order valence-electron chi connectivity index (χ3n) is 2.51. The van der Waals surface area contributed by atoms with Gasteiger partial charge in [-0.1, -0.05) is 0 Å². The molecular weight excluding hydrogens is 190 g/mol. The minimum Gasteiger partial charge on any atom is -0.361 e. The zero-order chi connectivity index (χ0) is 10.7. The molecule has 0 spiro atoms. The molecule has 1 saturated heterocycles. The molecule has 82 valence electrons. The molecule has 2 rings (SSSR count). The maximum atomic E-state index is 4.56. The van der Waals surface area contributed by atoms with E-state index in [0.29, 0.717) is 0 Å². The summed E-state index contributed by atoms with van der Waals surface area (Å²) < 4.78 is 0.